The molecule has 2 heterocycles. The van der Waals surface area contributed by atoms with Crippen molar-refractivity contribution in [2.45, 2.75) is 12.5 Å². The van der Waals surface area contributed by atoms with Gasteiger partial charge < -0.3 is 9.73 Å². The van der Waals surface area contributed by atoms with Crippen LogP contribution in [0.3, 0.4) is 0 Å². The maximum Gasteiger partial charge on any atom is 0.110 e. The third-order valence-corrected chi connectivity index (χ3v) is 2.92. The summed E-state index contributed by atoms with van der Waals surface area (Å²) < 4.78 is 5.47. The van der Waals surface area contributed by atoms with Gasteiger partial charge in [-0.05, 0) is 11.6 Å². The smallest absolute Gasteiger partial charge is 0.110 e. The number of rotatable bonds is 1. The molecular weight excluding hydrogens is 186 g/mol. The lowest BCUT2D eigenvalue weighted by molar-refractivity contribution is 0.456. The molecule has 0 aliphatic carbocycles. The second-order valence-corrected chi connectivity index (χ2v) is 3.85. The highest BCUT2D eigenvalue weighted by Gasteiger charge is 2.22. The Morgan fingerprint density at radius 2 is 2.00 bits per heavy atom. The molecule has 0 bridgehead atoms. The van der Waals surface area contributed by atoms with Gasteiger partial charge >= 0.3 is 0 Å². The summed E-state index contributed by atoms with van der Waals surface area (Å²) >= 11 is 0. The maximum atomic E-state index is 5.47. The molecule has 15 heavy (non-hydrogen) atoms. The second kappa shape index (κ2) is 3.55. The second-order valence-electron chi connectivity index (χ2n) is 3.85. The van der Waals surface area contributed by atoms with Crippen LogP contribution in [0.1, 0.15) is 22.9 Å². The lowest BCUT2D eigenvalue weighted by atomic mass is 9.95. The predicted octanol–water partition coefficient (Wildman–Crippen LogP) is 2.51. The van der Waals surface area contributed by atoms with E-state index in [1.54, 1.807) is 6.26 Å². The van der Waals surface area contributed by atoms with Gasteiger partial charge in [0.25, 0.3) is 0 Å². The molecule has 1 aromatic carbocycles. The van der Waals surface area contributed by atoms with E-state index in [2.05, 4.69) is 35.6 Å². The SMILES string of the molecule is c1ccc([C@@H]2NCCc3occc32)cc1. The Kier molecular flexibility index (Phi) is 2.07. The summed E-state index contributed by atoms with van der Waals surface area (Å²) in [7, 11) is 0. The number of fused-ring (bicyclic) bond motifs is 1. The van der Waals surface area contributed by atoms with Gasteiger partial charge in [0.05, 0.1) is 12.3 Å². The van der Waals surface area contributed by atoms with E-state index in [1.165, 1.54) is 11.1 Å². The number of hydrogen-bond donors (Lipinski definition) is 1. The summed E-state index contributed by atoms with van der Waals surface area (Å²) in [6.45, 7) is 0.986. The fraction of sp³-hybridized carbons (Fsp3) is 0.231. The molecule has 3 rings (SSSR count). The zero-order chi connectivity index (χ0) is 10.1. The van der Waals surface area contributed by atoms with E-state index in [9.17, 15) is 0 Å². The Balaban J connectivity index is 2.03. The molecule has 0 saturated heterocycles. The molecule has 2 nitrogen and oxygen atoms in total. The van der Waals surface area contributed by atoms with Gasteiger partial charge in [-0.25, -0.2) is 0 Å². The zero-order valence-electron chi connectivity index (χ0n) is 8.44. The van der Waals surface area contributed by atoms with Crippen LogP contribution < -0.4 is 5.32 Å². The summed E-state index contributed by atoms with van der Waals surface area (Å²) in [5.74, 6) is 1.13. The Morgan fingerprint density at radius 1 is 1.13 bits per heavy atom. The van der Waals surface area contributed by atoms with Gasteiger partial charge in [0.15, 0.2) is 0 Å². The van der Waals surface area contributed by atoms with Crippen LogP contribution in [0.25, 0.3) is 0 Å². The highest BCUT2D eigenvalue weighted by molar-refractivity contribution is 5.34. The van der Waals surface area contributed by atoms with Crippen molar-refractivity contribution < 1.29 is 4.42 Å². The Bertz CT molecular complexity index is 447. The van der Waals surface area contributed by atoms with Gasteiger partial charge in [-0.2, -0.15) is 0 Å². The minimum absolute atomic E-state index is 0.300. The standard InChI is InChI=1S/C13H13NO/c1-2-4-10(5-3-1)13-11-7-9-15-12(11)6-8-14-13/h1-5,7,9,13-14H,6,8H2/t13-/m0/s1. The lowest BCUT2D eigenvalue weighted by Gasteiger charge is -2.23. The first-order valence-electron chi connectivity index (χ1n) is 5.30. The van der Waals surface area contributed by atoms with Crippen LogP contribution in [0.15, 0.2) is 47.1 Å². The van der Waals surface area contributed by atoms with Crippen LogP contribution in [-0.2, 0) is 6.42 Å². The van der Waals surface area contributed by atoms with E-state index >= 15 is 0 Å². The van der Waals surface area contributed by atoms with Gasteiger partial charge in [-0.15, -0.1) is 0 Å². The van der Waals surface area contributed by atoms with Crippen molar-refractivity contribution in [2.24, 2.45) is 0 Å². The van der Waals surface area contributed by atoms with Crippen LogP contribution in [0, 0.1) is 0 Å². The normalized spacial score (nSPS) is 19.9. The highest BCUT2D eigenvalue weighted by atomic mass is 16.3. The summed E-state index contributed by atoms with van der Waals surface area (Å²) in [4.78, 5) is 0. The number of hydrogen-bond acceptors (Lipinski definition) is 2. The monoisotopic (exact) mass is 199 g/mol. The van der Waals surface area contributed by atoms with Crippen molar-refractivity contribution in [2.75, 3.05) is 6.54 Å². The van der Waals surface area contributed by atoms with E-state index in [4.69, 9.17) is 4.42 Å². The number of nitrogens with one attached hydrogen (secondary N) is 1. The van der Waals surface area contributed by atoms with Gasteiger partial charge in [0.1, 0.15) is 5.76 Å². The first-order valence-corrected chi connectivity index (χ1v) is 5.30. The van der Waals surface area contributed by atoms with Crippen LogP contribution in [-0.4, -0.2) is 6.54 Å². The van der Waals surface area contributed by atoms with Crippen LogP contribution in [0.4, 0.5) is 0 Å². The fourth-order valence-corrected chi connectivity index (χ4v) is 2.19. The summed E-state index contributed by atoms with van der Waals surface area (Å²) in [6.07, 6.45) is 2.78. The molecule has 2 heteroatoms. The molecule has 1 aromatic heterocycles. The Labute approximate surface area is 88.9 Å². The van der Waals surface area contributed by atoms with Crippen LogP contribution in [0.5, 0.6) is 0 Å². The largest absolute Gasteiger partial charge is 0.469 e. The average molecular weight is 199 g/mol. The van der Waals surface area contributed by atoms with Crippen molar-refractivity contribution in [3.8, 4) is 0 Å². The van der Waals surface area contributed by atoms with Crippen molar-refractivity contribution in [1.82, 2.24) is 5.32 Å². The van der Waals surface area contributed by atoms with Crippen LogP contribution in [0.2, 0.25) is 0 Å². The minimum Gasteiger partial charge on any atom is -0.469 e. The zero-order valence-corrected chi connectivity index (χ0v) is 8.44. The Hall–Kier alpha value is -1.54. The molecule has 0 spiro atoms. The number of benzene rings is 1. The molecule has 2 aromatic rings. The van der Waals surface area contributed by atoms with Gasteiger partial charge in [-0.3, -0.25) is 0 Å². The predicted molar refractivity (Wildman–Crippen MR) is 58.7 cm³/mol. The van der Waals surface area contributed by atoms with E-state index < -0.39 is 0 Å². The number of furan rings is 1. The fourth-order valence-electron chi connectivity index (χ4n) is 2.19. The Morgan fingerprint density at radius 3 is 2.87 bits per heavy atom. The first-order chi connectivity index (χ1) is 7.45. The van der Waals surface area contributed by atoms with Gasteiger partial charge in [0.2, 0.25) is 0 Å². The highest BCUT2D eigenvalue weighted by Crippen LogP contribution is 2.28. The molecule has 76 valence electrons. The third kappa shape index (κ3) is 1.47. The molecule has 0 radical (unpaired) electrons. The average Bonchev–Trinajstić information content (AvgIpc) is 2.78. The third-order valence-electron chi connectivity index (χ3n) is 2.92. The van der Waals surface area contributed by atoms with Crippen molar-refractivity contribution in [3.63, 3.8) is 0 Å². The topological polar surface area (TPSA) is 25.2 Å². The van der Waals surface area contributed by atoms with E-state index in [0.29, 0.717) is 6.04 Å². The summed E-state index contributed by atoms with van der Waals surface area (Å²) in [5.41, 5.74) is 2.59. The first kappa shape index (κ1) is 8.74. The van der Waals surface area contributed by atoms with Crippen molar-refractivity contribution in [1.29, 1.82) is 0 Å². The molecule has 0 saturated carbocycles. The minimum atomic E-state index is 0.300. The molecule has 1 aliphatic rings. The quantitative estimate of drug-likeness (QED) is 0.763. The summed E-state index contributed by atoms with van der Waals surface area (Å²) in [5, 5.41) is 3.52. The maximum absolute atomic E-state index is 5.47. The molecule has 1 atom stereocenters. The van der Waals surface area contributed by atoms with Crippen molar-refractivity contribution in [3.05, 3.63) is 59.5 Å². The van der Waals surface area contributed by atoms with Crippen LogP contribution >= 0.6 is 0 Å². The van der Waals surface area contributed by atoms with Gasteiger partial charge in [-0.1, -0.05) is 30.3 Å². The molecule has 0 amide bonds. The molecule has 0 fully saturated rings. The van der Waals surface area contributed by atoms with Crippen molar-refractivity contribution >= 4 is 0 Å². The van der Waals surface area contributed by atoms with E-state index in [0.717, 1.165) is 18.7 Å². The lowest BCUT2D eigenvalue weighted by Crippen LogP contribution is -2.29. The van der Waals surface area contributed by atoms with E-state index in [-0.39, 0.29) is 0 Å². The van der Waals surface area contributed by atoms with Gasteiger partial charge in [0, 0.05) is 18.5 Å². The molecule has 0 unspecified atom stereocenters. The summed E-state index contributed by atoms with van der Waals surface area (Å²) in [6, 6.07) is 12.9. The molecule has 1 aliphatic heterocycles. The van der Waals surface area contributed by atoms with E-state index in [1.807, 2.05) is 6.07 Å². The molecule has 1 N–H and O–H groups in total. The molecular formula is C13H13NO.